The van der Waals surface area contributed by atoms with E-state index in [9.17, 15) is 0 Å². The van der Waals surface area contributed by atoms with E-state index in [0.29, 0.717) is 6.61 Å². The quantitative estimate of drug-likeness (QED) is 0.750. The number of hydrogen-bond donors (Lipinski definition) is 1. The number of aliphatic hydroxyl groups is 1. The maximum Gasteiger partial charge on any atom is 0.121 e. The van der Waals surface area contributed by atoms with Crippen LogP contribution >= 0.6 is 11.3 Å². The third-order valence-corrected chi connectivity index (χ3v) is 2.28. The minimum absolute atomic E-state index is 0.467. The van der Waals surface area contributed by atoms with E-state index >= 15 is 0 Å². The fourth-order valence-corrected chi connectivity index (χ4v) is 1.47. The van der Waals surface area contributed by atoms with Gasteiger partial charge in [-0.15, -0.1) is 11.3 Å². The highest BCUT2D eigenvalue weighted by Gasteiger charge is 2.05. The van der Waals surface area contributed by atoms with Crippen molar-refractivity contribution in [2.75, 3.05) is 7.11 Å². The Morgan fingerprint density at radius 1 is 1.82 bits per heavy atom. The predicted octanol–water partition coefficient (Wildman–Crippen LogP) is 1.34. The Morgan fingerprint density at radius 3 is 3.00 bits per heavy atom. The summed E-state index contributed by atoms with van der Waals surface area (Å²) < 4.78 is 4.88. The Morgan fingerprint density at radius 2 is 2.55 bits per heavy atom. The van der Waals surface area contributed by atoms with Crippen LogP contribution in [-0.4, -0.2) is 17.2 Å². The van der Waals surface area contributed by atoms with E-state index < -0.39 is 6.10 Å². The van der Waals surface area contributed by atoms with Crippen LogP contribution < -0.4 is 0 Å². The lowest BCUT2D eigenvalue weighted by Crippen LogP contribution is -1.92. The molecule has 0 aliphatic heterocycles. The summed E-state index contributed by atoms with van der Waals surface area (Å²) in [5, 5.41) is 11.8. The van der Waals surface area contributed by atoms with Crippen molar-refractivity contribution in [3.63, 3.8) is 0 Å². The fourth-order valence-electron chi connectivity index (χ4n) is 0.729. The Hall–Kier alpha value is -0.450. The Balaban J connectivity index is 2.66. The van der Waals surface area contributed by atoms with Gasteiger partial charge in [-0.05, 0) is 6.92 Å². The van der Waals surface area contributed by atoms with Crippen LogP contribution in [0.25, 0.3) is 0 Å². The number of hydrogen-bond acceptors (Lipinski definition) is 4. The molecule has 1 unspecified atom stereocenters. The molecule has 3 nitrogen and oxygen atoms in total. The van der Waals surface area contributed by atoms with Crippen molar-refractivity contribution in [1.29, 1.82) is 0 Å². The second-order valence-corrected chi connectivity index (χ2v) is 3.18. The molecule has 0 aromatic carbocycles. The summed E-state index contributed by atoms with van der Waals surface area (Å²) in [5.41, 5.74) is 0.883. The van der Waals surface area contributed by atoms with Gasteiger partial charge in [0.15, 0.2) is 0 Å². The van der Waals surface area contributed by atoms with Gasteiger partial charge in [0.25, 0.3) is 0 Å². The number of aliphatic hydroxyl groups excluding tert-OH is 1. The molecule has 0 spiro atoms. The zero-order valence-corrected chi connectivity index (χ0v) is 7.39. The predicted molar refractivity (Wildman–Crippen MR) is 43.5 cm³/mol. The molecule has 1 aromatic rings. The molecule has 0 amide bonds. The zero-order valence-electron chi connectivity index (χ0n) is 6.57. The summed E-state index contributed by atoms with van der Waals surface area (Å²) in [6.45, 7) is 2.22. The molecule has 0 saturated carbocycles. The smallest absolute Gasteiger partial charge is 0.121 e. The topological polar surface area (TPSA) is 42.4 Å². The minimum Gasteiger partial charge on any atom is -0.386 e. The van der Waals surface area contributed by atoms with Gasteiger partial charge in [0.05, 0.1) is 12.3 Å². The fraction of sp³-hybridized carbons (Fsp3) is 0.571. The molecule has 1 rings (SSSR count). The Kier molecular flexibility index (Phi) is 2.99. The van der Waals surface area contributed by atoms with Gasteiger partial charge >= 0.3 is 0 Å². The summed E-state index contributed by atoms with van der Waals surface area (Å²) in [6, 6.07) is 0. The lowest BCUT2D eigenvalue weighted by atomic mass is 10.4. The summed E-state index contributed by atoms with van der Waals surface area (Å²) in [7, 11) is 1.63. The van der Waals surface area contributed by atoms with Crippen molar-refractivity contribution in [2.24, 2.45) is 0 Å². The zero-order chi connectivity index (χ0) is 8.27. The summed E-state index contributed by atoms with van der Waals surface area (Å²) in [4.78, 5) is 4.14. The number of ether oxygens (including phenoxy) is 1. The first kappa shape index (κ1) is 8.64. The van der Waals surface area contributed by atoms with Gasteiger partial charge in [0.2, 0.25) is 0 Å². The molecule has 4 heteroatoms. The number of nitrogens with zero attached hydrogens (tertiary/aromatic N) is 1. The molecule has 0 aliphatic rings. The Labute approximate surface area is 69.7 Å². The van der Waals surface area contributed by atoms with Crippen LogP contribution in [-0.2, 0) is 11.3 Å². The van der Waals surface area contributed by atoms with E-state index in [-0.39, 0.29) is 0 Å². The second-order valence-electron chi connectivity index (χ2n) is 2.29. The van der Waals surface area contributed by atoms with E-state index in [1.54, 1.807) is 14.0 Å². The third-order valence-electron chi connectivity index (χ3n) is 1.22. The monoisotopic (exact) mass is 173 g/mol. The van der Waals surface area contributed by atoms with E-state index in [4.69, 9.17) is 9.84 Å². The molecule has 11 heavy (non-hydrogen) atoms. The van der Waals surface area contributed by atoms with Gasteiger partial charge in [-0.2, -0.15) is 0 Å². The van der Waals surface area contributed by atoms with Crippen molar-refractivity contribution in [3.05, 3.63) is 16.1 Å². The summed E-state index contributed by atoms with van der Waals surface area (Å²) >= 11 is 1.46. The van der Waals surface area contributed by atoms with Gasteiger partial charge in [-0.3, -0.25) is 0 Å². The second kappa shape index (κ2) is 3.80. The van der Waals surface area contributed by atoms with Gasteiger partial charge < -0.3 is 9.84 Å². The first-order chi connectivity index (χ1) is 5.24. The summed E-state index contributed by atoms with van der Waals surface area (Å²) in [6.07, 6.45) is -0.467. The highest BCUT2D eigenvalue weighted by atomic mass is 32.1. The first-order valence-corrected chi connectivity index (χ1v) is 4.23. The molecular formula is C7H11NO2S. The van der Waals surface area contributed by atoms with Crippen molar-refractivity contribution >= 4 is 11.3 Å². The normalized spacial score (nSPS) is 13.4. The standard InChI is InChI=1S/C7H11NO2S/c1-5(9)7-8-6(3-10-2)4-11-7/h4-5,9H,3H2,1-2H3. The molecular weight excluding hydrogens is 162 g/mol. The number of thiazole rings is 1. The van der Waals surface area contributed by atoms with Crippen LogP contribution in [0.4, 0.5) is 0 Å². The average molecular weight is 173 g/mol. The number of methoxy groups -OCH3 is 1. The molecule has 0 aliphatic carbocycles. The van der Waals surface area contributed by atoms with Gasteiger partial charge in [0, 0.05) is 12.5 Å². The molecule has 0 saturated heterocycles. The molecule has 0 bridgehead atoms. The maximum atomic E-state index is 9.11. The lowest BCUT2D eigenvalue weighted by molar-refractivity contribution is 0.179. The SMILES string of the molecule is COCc1csc(C(C)O)n1. The van der Waals surface area contributed by atoms with Gasteiger partial charge in [-0.25, -0.2) is 4.98 Å². The van der Waals surface area contributed by atoms with Crippen LogP contribution in [0.15, 0.2) is 5.38 Å². The minimum atomic E-state index is -0.467. The van der Waals surface area contributed by atoms with Crippen LogP contribution in [0, 0.1) is 0 Å². The van der Waals surface area contributed by atoms with Crippen molar-refractivity contribution in [1.82, 2.24) is 4.98 Å². The maximum absolute atomic E-state index is 9.11. The third kappa shape index (κ3) is 2.25. The van der Waals surface area contributed by atoms with Crippen molar-refractivity contribution in [2.45, 2.75) is 19.6 Å². The Bertz CT molecular complexity index is 222. The molecule has 1 heterocycles. The van der Waals surface area contributed by atoms with E-state index in [1.165, 1.54) is 11.3 Å². The average Bonchev–Trinajstić information content (AvgIpc) is 2.37. The van der Waals surface area contributed by atoms with Crippen LogP contribution in [0.1, 0.15) is 23.7 Å². The first-order valence-electron chi connectivity index (χ1n) is 3.35. The highest BCUT2D eigenvalue weighted by Crippen LogP contribution is 2.17. The molecule has 0 fully saturated rings. The molecule has 1 atom stereocenters. The van der Waals surface area contributed by atoms with Crippen molar-refractivity contribution in [3.8, 4) is 0 Å². The van der Waals surface area contributed by atoms with Crippen molar-refractivity contribution < 1.29 is 9.84 Å². The van der Waals surface area contributed by atoms with E-state index in [1.807, 2.05) is 5.38 Å². The number of rotatable bonds is 3. The number of aromatic nitrogens is 1. The molecule has 1 N–H and O–H groups in total. The largest absolute Gasteiger partial charge is 0.386 e. The van der Waals surface area contributed by atoms with Crippen LogP contribution in [0.3, 0.4) is 0 Å². The van der Waals surface area contributed by atoms with Gasteiger partial charge in [-0.1, -0.05) is 0 Å². The molecule has 0 radical (unpaired) electrons. The van der Waals surface area contributed by atoms with E-state index in [0.717, 1.165) is 10.7 Å². The molecule has 62 valence electrons. The lowest BCUT2D eigenvalue weighted by Gasteiger charge is -1.95. The van der Waals surface area contributed by atoms with Crippen LogP contribution in [0.5, 0.6) is 0 Å². The highest BCUT2D eigenvalue weighted by molar-refractivity contribution is 7.09. The van der Waals surface area contributed by atoms with Gasteiger partial charge in [0.1, 0.15) is 11.1 Å². The summed E-state index contributed by atoms with van der Waals surface area (Å²) in [5.74, 6) is 0. The van der Waals surface area contributed by atoms with E-state index in [2.05, 4.69) is 4.98 Å². The van der Waals surface area contributed by atoms with Crippen LogP contribution in [0.2, 0.25) is 0 Å². The molecule has 1 aromatic heterocycles.